The largest absolute Gasteiger partial charge is 0.465 e. The Morgan fingerprint density at radius 2 is 1.96 bits per heavy atom. The summed E-state index contributed by atoms with van der Waals surface area (Å²) in [6.45, 7) is 5.85. The Balaban J connectivity index is 2.19. The molecule has 3 aromatic rings. The van der Waals surface area contributed by atoms with Gasteiger partial charge >= 0.3 is 5.97 Å². The molecule has 0 aliphatic rings. The average molecular weight is 386 g/mol. The molecule has 0 atom stereocenters. The minimum Gasteiger partial charge on any atom is -0.465 e. The van der Waals surface area contributed by atoms with Crippen LogP contribution in [0.2, 0.25) is 0 Å². The third-order valence-electron chi connectivity index (χ3n) is 4.01. The second-order valence-electron chi connectivity index (χ2n) is 6.10. The first-order valence-corrected chi connectivity index (χ1v) is 9.32. The summed E-state index contributed by atoms with van der Waals surface area (Å²) in [7, 11) is 0. The zero-order valence-corrected chi connectivity index (χ0v) is 16.1. The van der Waals surface area contributed by atoms with Gasteiger partial charge in [0.25, 0.3) is 5.91 Å². The topological polar surface area (TPSA) is 60.7 Å². The summed E-state index contributed by atoms with van der Waals surface area (Å²) in [6.07, 6.45) is 0. The van der Waals surface area contributed by atoms with Crippen molar-refractivity contribution in [1.29, 1.82) is 0 Å². The van der Waals surface area contributed by atoms with Crippen LogP contribution in [0.1, 0.15) is 28.4 Å². The van der Waals surface area contributed by atoms with Gasteiger partial charge in [0, 0.05) is 0 Å². The van der Waals surface area contributed by atoms with Gasteiger partial charge in [-0.1, -0.05) is 29.5 Å². The Morgan fingerprint density at radius 3 is 2.67 bits per heavy atom. The fourth-order valence-corrected chi connectivity index (χ4v) is 3.95. The molecule has 0 radical (unpaired) electrons. The highest BCUT2D eigenvalue weighted by Gasteiger charge is 2.15. The van der Waals surface area contributed by atoms with E-state index in [1.165, 1.54) is 29.5 Å². The highest BCUT2D eigenvalue weighted by Crippen LogP contribution is 2.23. The second kappa shape index (κ2) is 7.84. The molecule has 140 valence electrons. The van der Waals surface area contributed by atoms with Crippen LogP contribution in [0.5, 0.6) is 0 Å². The number of aromatic nitrogens is 1. The lowest BCUT2D eigenvalue weighted by atomic mass is 10.1. The molecule has 27 heavy (non-hydrogen) atoms. The van der Waals surface area contributed by atoms with Gasteiger partial charge in [0.05, 0.1) is 22.4 Å². The van der Waals surface area contributed by atoms with Gasteiger partial charge in [-0.05, 0) is 50.1 Å². The highest BCUT2D eigenvalue weighted by atomic mass is 32.1. The number of rotatable bonds is 4. The summed E-state index contributed by atoms with van der Waals surface area (Å²) in [5.74, 6) is -1.74. The third kappa shape index (κ3) is 3.98. The summed E-state index contributed by atoms with van der Waals surface area (Å²) in [5, 5.41) is 0. The number of hydrogen-bond donors (Lipinski definition) is 0. The van der Waals surface area contributed by atoms with Crippen LogP contribution in [-0.4, -0.2) is 23.1 Å². The minimum atomic E-state index is -0.688. The number of fused-ring (bicyclic) bond motifs is 1. The summed E-state index contributed by atoms with van der Waals surface area (Å²) >= 11 is 1.29. The van der Waals surface area contributed by atoms with Crippen molar-refractivity contribution < 1.29 is 18.7 Å². The molecule has 0 bridgehead atoms. The van der Waals surface area contributed by atoms with Crippen molar-refractivity contribution in [2.24, 2.45) is 4.99 Å². The molecule has 0 saturated carbocycles. The van der Waals surface area contributed by atoms with Crippen LogP contribution in [-0.2, 0) is 16.1 Å². The lowest BCUT2D eigenvalue weighted by molar-refractivity contribution is -0.143. The molecule has 1 amide bonds. The van der Waals surface area contributed by atoms with Gasteiger partial charge in [0.2, 0.25) is 0 Å². The number of nitrogens with zero attached hydrogens (tertiary/aromatic N) is 2. The molecule has 7 heteroatoms. The summed E-state index contributed by atoms with van der Waals surface area (Å²) in [4.78, 5) is 29.0. The number of carbonyl (C=O) groups excluding carboxylic acids is 2. The van der Waals surface area contributed by atoms with Crippen molar-refractivity contribution in [3.63, 3.8) is 0 Å². The SMILES string of the molecule is CCOC(=O)Cn1c(=NC(=O)c2ccccc2F)sc2c(C)cc(C)cc21. The molecule has 0 unspecified atom stereocenters. The van der Waals surface area contributed by atoms with Gasteiger partial charge in [-0.15, -0.1) is 0 Å². The smallest absolute Gasteiger partial charge is 0.326 e. The quantitative estimate of drug-likeness (QED) is 0.642. The monoisotopic (exact) mass is 386 g/mol. The number of benzene rings is 2. The van der Waals surface area contributed by atoms with E-state index in [0.29, 0.717) is 4.80 Å². The Bertz CT molecular complexity index is 1100. The van der Waals surface area contributed by atoms with Gasteiger partial charge < -0.3 is 9.30 Å². The molecule has 0 saturated heterocycles. The predicted molar refractivity (Wildman–Crippen MR) is 102 cm³/mol. The van der Waals surface area contributed by atoms with Crippen LogP contribution in [0.4, 0.5) is 4.39 Å². The zero-order valence-electron chi connectivity index (χ0n) is 15.3. The number of thiazole rings is 1. The number of hydrogen-bond acceptors (Lipinski definition) is 4. The molecule has 2 aromatic carbocycles. The van der Waals surface area contributed by atoms with Crippen LogP contribution in [0.25, 0.3) is 10.2 Å². The van der Waals surface area contributed by atoms with Crippen molar-refractivity contribution >= 4 is 33.4 Å². The van der Waals surface area contributed by atoms with E-state index in [0.717, 1.165) is 21.3 Å². The zero-order chi connectivity index (χ0) is 19.6. The molecule has 0 fully saturated rings. The lowest BCUT2D eigenvalue weighted by Gasteiger charge is -2.06. The molecular weight excluding hydrogens is 367 g/mol. The van der Waals surface area contributed by atoms with Crippen molar-refractivity contribution in [2.45, 2.75) is 27.3 Å². The fourth-order valence-electron chi connectivity index (χ4n) is 2.87. The first-order chi connectivity index (χ1) is 12.9. The van der Waals surface area contributed by atoms with E-state index in [2.05, 4.69) is 4.99 Å². The Morgan fingerprint density at radius 1 is 1.22 bits per heavy atom. The van der Waals surface area contributed by atoms with Gasteiger partial charge in [0.15, 0.2) is 4.80 Å². The van der Waals surface area contributed by atoms with Crippen LogP contribution in [0.3, 0.4) is 0 Å². The van der Waals surface area contributed by atoms with Gasteiger partial charge in [-0.3, -0.25) is 9.59 Å². The number of halogens is 1. The number of amides is 1. The molecule has 0 aliphatic carbocycles. The maximum Gasteiger partial charge on any atom is 0.326 e. The standard InChI is InChI=1S/C20H19FN2O3S/c1-4-26-17(24)11-23-16-10-12(2)9-13(3)18(16)27-20(23)22-19(25)14-7-5-6-8-15(14)21/h5-10H,4,11H2,1-3H3. The van der Waals surface area contributed by atoms with Crippen LogP contribution in [0.15, 0.2) is 41.4 Å². The van der Waals surface area contributed by atoms with E-state index in [9.17, 15) is 14.0 Å². The number of ether oxygens (including phenoxy) is 1. The fraction of sp³-hybridized carbons (Fsp3) is 0.250. The molecule has 1 heterocycles. The Labute approximate surface area is 159 Å². The van der Waals surface area contributed by atoms with Crippen LogP contribution < -0.4 is 4.80 Å². The van der Waals surface area contributed by atoms with E-state index >= 15 is 0 Å². The van der Waals surface area contributed by atoms with E-state index in [1.807, 2.05) is 26.0 Å². The molecule has 3 rings (SSSR count). The van der Waals surface area contributed by atoms with Gasteiger partial charge in [-0.25, -0.2) is 4.39 Å². The molecule has 0 aliphatic heterocycles. The maximum absolute atomic E-state index is 13.9. The van der Waals surface area contributed by atoms with Gasteiger partial charge in [0.1, 0.15) is 12.4 Å². The third-order valence-corrected chi connectivity index (χ3v) is 5.24. The second-order valence-corrected chi connectivity index (χ2v) is 7.08. The minimum absolute atomic E-state index is 0.0693. The number of aryl methyl sites for hydroxylation is 2. The first kappa shape index (κ1) is 19.0. The number of carbonyl (C=O) groups is 2. The van der Waals surface area contributed by atoms with Crippen molar-refractivity contribution in [2.75, 3.05) is 6.61 Å². The maximum atomic E-state index is 13.9. The molecule has 0 N–H and O–H groups in total. The molecule has 5 nitrogen and oxygen atoms in total. The number of esters is 1. The van der Waals surface area contributed by atoms with Crippen molar-refractivity contribution in [3.05, 3.63) is 63.7 Å². The Hall–Kier alpha value is -2.80. The van der Waals surface area contributed by atoms with Gasteiger partial charge in [-0.2, -0.15) is 4.99 Å². The predicted octanol–water partition coefficient (Wildman–Crippen LogP) is 3.76. The Kier molecular flexibility index (Phi) is 5.51. The summed E-state index contributed by atoms with van der Waals surface area (Å²) < 4.78 is 21.5. The summed E-state index contributed by atoms with van der Waals surface area (Å²) in [5.41, 5.74) is 2.74. The lowest BCUT2D eigenvalue weighted by Crippen LogP contribution is -2.23. The molecule has 0 spiro atoms. The normalized spacial score (nSPS) is 11.8. The van der Waals surface area contributed by atoms with Crippen molar-refractivity contribution in [1.82, 2.24) is 4.57 Å². The first-order valence-electron chi connectivity index (χ1n) is 8.50. The van der Waals surface area contributed by atoms with Crippen molar-refractivity contribution in [3.8, 4) is 0 Å². The van der Waals surface area contributed by atoms with E-state index in [-0.39, 0.29) is 18.7 Å². The van der Waals surface area contributed by atoms with E-state index < -0.39 is 17.7 Å². The molecule has 1 aromatic heterocycles. The highest BCUT2D eigenvalue weighted by molar-refractivity contribution is 7.16. The van der Waals surface area contributed by atoms with E-state index in [4.69, 9.17) is 4.74 Å². The van der Waals surface area contributed by atoms with Crippen LogP contribution in [0, 0.1) is 19.7 Å². The van der Waals surface area contributed by atoms with Crippen LogP contribution >= 0.6 is 11.3 Å². The van der Waals surface area contributed by atoms with E-state index in [1.54, 1.807) is 17.6 Å². The average Bonchev–Trinajstić information content (AvgIpc) is 2.93. The summed E-state index contributed by atoms with van der Waals surface area (Å²) in [6, 6.07) is 9.66. The molecular formula is C20H19FN2O3S.